The Labute approximate surface area is 97.0 Å². The lowest BCUT2D eigenvalue weighted by atomic mass is 10.2. The van der Waals surface area contributed by atoms with Crippen LogP contribution in [0.3, 0.4) is 0 Å². The predicted molar refractivity (Wildman–Crippen MR) is 65.4 cm³/mol. The zero-order chi connectivity index (χ0) is 12.6. The maximum absolute atomic E-state index is 11.4. The van der Waals surface area contributed by atoms with Gasteiger partial charge in [0.25, 0.3) is 0 Å². The Morgan fingerprint density at radius 3 is 2.50 bits per heavy atom. The number of carbonyl (C=O) groups excluding carboxylic acids is 1. The number of hydrogen-bond acceptors (Lipinski definition) is 3. The summed E-state index contributed by atoms with van der Waals surface area (Å²) in [5, 5.41) is 5.79. The van der Waals surface area contributed by atoms with Crippen LogP contribution in [0.2, 0.25) is 0 Å². The standard InChI is InChI=1S/C11H21N3O2/c1-6-7-13-10(12-5)14-8-9(15)16-11(2,3)4/h6H,1,7-8H2,2-5H3,(H2,12,13,14). The summed E-state index contributed by atoms with van der Waals surface area (Å²) in [6.07, 6.45) is 1.71. The second-order valence-corrected chi connectivity index (χ2v) is 4.18. The van der Waals surface area contributed by atoms with Crippen LogP contribution in [0.5, 0.6) is 0 Å². The first kappa shape index (κ1) is 14.5. The van der Waals surface area contributed by atoms with Gasteiger partial charge in [0.05, 0.1) is 0 Å². The van der Waals surface area contributed by atoms with E-state index in [0.29, 0.717) is 12.5 Å². The first-order valence-corrected chi connectivity index (χ1v) is 5.16. The van der Waals surface area contributed by atoms with Gasteiger partial charge in [-0.2, -0.15) is 0 Å². The van der Waals surface area contributed by atoms with E-state index in [2.05, 4.69) is 22.2 Å². The lowest BCUT2D eigenvalue weighted by Gasteiger charge is -2.20. The summed E-state index contributed by atoms with van der Waals surface area (Å²) in [7, 11) is 1.63. The van der Waals surface area contributed by atoms with Crippen LogP contribution in [-0.2, 0) is 9.53 Å². The molecule has 16 heavy (non-hydrogen) atoms. The van der Waals surface area contributed by atoms with Crippen LogP contribution in [-0.4, -0.2) is 37.7 Å². The SMILES string of the molecule is C=CCNC(=NC)NCC(=O)OC(C)(C)C. The summed E-state index contributed by atoms with van der Waals surface area (Å²) in [5.74, 6) is 0.236. The largest absolute Gasteiger partial charge is 0.459 e. The van der Waals surface area contributed by atoms with Crippen molar-refractivity contribution in [2.24, 2.45) is 4.99 Å². The highest BCUT2D eigenvalue weighted by Crippen LogP contribution is 2.05. The minimum Gasteiger partial charge on any atom is -0.459 e. The highest BCUT2D eigenvalue weighted by molar-refractivity contribution is 5.84. The van der Waals surface area contributed by atoms with Crippen LogP contribution in [0, 0.1) is 0 Å². The van der Waals surface area contributed by atoms with Gasteiger partial charge in [0.1, 0.15) is 12.1 Å². The molecule has 5 nitrogen and oxygen atoms in total. The van der Waals surface area contributed by atoms with Crippen LogP contribution in [0.1, 0.15) is 20.8 Å². The highest BCUT2D eigenvalue weighted by Gasteiger charge is 2.15. The molecule has 0 saturated carbocycles. The predicted octanol–water partition coefficient (Wildman–Crippen LogP) is 0.679. The summed E-state index contributed by atoms with van der Waals surface area (Å²) in [4.78, 5) is 15.3. The second kappa shape index (κ2) is 6.87. The Balaban J connectivity index is 3.94. The number of carbonyl (C=O) groups is 1. The number of rotatable bonds is 4. The Bertz CT molecular complexity index is 267. The smallest absolute Gasteiger partial charge is 0.325 e. The van der Waals surface area contributed by atoms with Crippen LogP contribution in [0.25, 0.3) is 0 Å². The molecule has 0 aromatic heterocycles. The quantitative estimate of drug-likeness (QED) is 0.321. The van der Waals surface area contributed by atoms with Crippen molar-refractivity contribution in [2.45, 2.75) is 26.4 Å². The average Bonchev–Trinajstić information content (AvgIpc) is 2.15. The molecular formula is C11H21N3O2. The summed E-state index contributed by atoms with van der Waals surface area (Å²) in [5.41, 5.74) is -0.461. The minimum atomic E-state index is -0.461. The van der Waals surface area contributed by atoms with Crippen LogP contribution >= 0.6 is 0 Å². The Morgan fingerprint density at radius 2 is 2.06 bits per heavy atom. The van der Waals surface area contributed by atoms with E-state index >= 15 is 0 Å². The average molecular weight is 227 g/mol. The fourth-order valence-electron chi connectivity index (χ4n) is 0.923. The fourth-order valence-corrected chi connectivity index (χ4v) is 0.923. The van der Waals surface area contributed by atoms with Gasteiger partial charge < -0.3 is 15.4 Å². The molecule has 0 rings (SSSR count). The number of nitrogens with zero attached hydrogens (tertiary/aromatic N) is 1. The van der Waals surface area contributed by atoms with Crippen molar-refractivity contribution in [1.82, 2.24) is 10.6 Å². The number of guanidine groups is 1. The third kappa shape index (κ3) is 7.84. The fraction of sp³-hybridized carbons (Fsp3) is 0.636. The molecule has 0 aliphatic carbocycles. The third-order valence-electron chi connectivity index (χ3n) is 1.46. The molecule has 0 atom stereocenters. The van der Waals surface area contributed by atoms with E-state index in [1.165, 1.54) is 0 Å². The van der Waals surface area contributed by atoms with E-state index < -0.39 is 5.60 Å². The molecule has 0 heterocycles. The Morgan fingerprint density at radius 1 is 1.44 bits per heavy atom. The Hall–Kier alpha value is -1.52. The first-order chi connectivity index (χ1) is 7.39. The Kier molecular flexibility index (Phi) is 6.22. The van der Waals surface area contributed by atoms with Crippen molar-refractivity contribution in [2.75, 3.05) is 20.1 Å². The van der Waals surface area contributed by atoms with Crippen molar-refractivity contribution >= 4 is 11.9 Å². The molecule has 0 fully saturated rings. The number of nitrogens with one attached hydrogen (secondary N) is 2. The lowest BCUT2D eigenvalue weighted by molar-refractivity contribution is -0.153. The molecular weight excluding hydrogens is 206 g/mol. The third-order valence-corrected chi connectivity index (χ3v) is 1.46. The van der Waals surface area contributed by atoms with Crippen molar-refractivity contribution in [3.63, 3.8) is 0 Å². The molecule has 0 aromatic carbocycles. The molecule has 5 heteroatoms. The number of ether oxygens (including phenoxy) is 1. The van der Waals surface area contributed by atoms with E-state index in [9.17, 15) is 4.79 Å². The number of hydrogen-bond donors (Lipinski definition) is 2. The molecule has 0 aliphatic rings. The molecule has 0 aromatic rings. The molecule has 0 saturated heterocycles. The molecule has 0 bridgehead atoms. The molecule has 92 valence electrons. The van der Waals surface area contributed by atoms with Crippen LogP contribution in [0.15, 0.2) is 17.6 Å². The maximum atomic E-state index is 11.4. The van der Waals surface area contributed by atoms with Crippen molar-refractivity contribution in [3.05, 3.63) is 12.7 Å². The zero-order valence-electron chi connectivity index (χ0n) is 10.5. The summed E-state index contributed by atoms with van der Waals surface area (Å²) >= 11 is 0. The molecule has 0 spiro atoms. The van der Waals surface area contributed by atoms with Crippen LogP contribution < -0.4 is 10.6 Å². The molecule has 0 unspecified atom stereocenters. The van der Waals surface area contributed by atoms with Crippen molar-refractivity contribution in [1.29, 1.82) is 0 Å². The van der Waals surface area contributed by atoms with Crippen LogP contribution in [0.4, 0.5) is 0 Å². The van der Waals surface area contributed by atoms with Gasteiger partial charge in [-0.25, -0.2) is 0 Å². The molecule has 0 amide bonds. The van der Waals surface area contributed by atoms with Gasteiger partial charge >= 0.3 is 5.97 Å². The number of esters is 1. The summed E-state index contributed by atoms with van der Waals surface area (Å²) in [6, 6.07) is 0. The topological polar surface area (TPSA) is 62.7 Å². The van der Waals surface area contributed by atoms with E-state index in [1.807, 2.05) is 20.8 Å². The van der Waals surface area contributed by atoms with Gasteiger partial charge in [-0.3, -0.25) is 9.79 Å². The first-order valence-electron chi connectivity index (χ1n) is 5.16. The van der Waals surface area contributed by atoms with Gasteiger partial charge in [-0.1, -0.05) is 6.08 Å². The zero-order valence-corrected chi connectivity index (χ0v) is 10.5. The normalized spacial score (nSPS) is 11.9. The van der Waals surface area contributed by atoms with Gasteiger partial charge in [0, 0.05) is 13.6 Å². The van der Waals surface area contributed by atoms with Crippen molar-refractivity contribution in [3.8, 4) is 0 Å². The lowest BCUT2D eigenvalue weighted by Crippen LogP contribution is -2.41. The molecule has 0 aliphatic heterocycles. The number of aliphatic imine (C=N–C) groups is 1. The molecule has 0 radical (unpaired) electrons. The van der Waals surface area contributed by atoms with E-state index in [0.717, 1.165) is 0 Å². The summed E-state index contributed by atoms with van der Waals surface area (Å²) in [6.45, 7) is 9.74. The summed E-state index contributed by atoms with van der Waals surface area (Å²) < 4.78 is 5.13. The second-order valence-electron chi connectivity index (χ2n) is 4.18. The minimum absolute atomic E-state index is 0.0914. The van der Waals surface area contributed by atoms with Gasteiger partial charge in [-0.15, -0.1) is 6.58 Å². The van der Waals surface area contributed by atoms with E-state index in [1.54, 1.807) is 13.1 Å². The maximum Gasteiger partial charge on any atom is 0.325 e. The monoisotopic (exact) mass is 227 g/mol. The van der Waals surface area contributed by atoms with Crippen molar-refractivity contribution < 1.29 is 9.53 Å². The molecule has 2 N–H and O–H groups in total. The van der Waals surface area contributed by atoms with E-state index in [-0.39, 0.29) is 12.5 Å². The van der Waals surface area contributed by atoms with Gasteiger partial charge in [0.15, 0.2) is 5.96 Å². The van der Waals surface area contributed by atoms with E-state index in [4.69, 9.17) is 4.74 Å². The van der Waals surface area contributed by atoms with Gasteiger partial charge in [-0.05, 0) is 20.8 Å². The van der Waals surface area contributed by atoms with Gasteiger partial charge in [0.2, 0.25) is 0 Å². The highest BCUT2D eigenvalue weighted by atomic mass is 16.6.